The molecule has 0 bridgehead atoms. The summed E-state index contributed by atoms with van der Waals surface area (Å²) in [4.78, 5) is 6.94. The van der Waals surface area contributed by atoms with Crippen molar-refractivity contribution in [3.63, 3.8) is 0 Å². The lowest BCUT2D eigenvalue weighted by Crippen LogP contribution is -2.21. The van der Waals surface area contributed by atoms with Crippen molar-refractivity contribution in [1.82, 2.24) is 4.98 Å². The van der Waals surface area contributed by atoms with Crippen molar-refractivity contribution in [2.45, 2.75) is 13.8 Å². The Morgan fingerprint density at radius 2 is 1.77 bits per heavy atom. The van der Waals surface area contributed by atoms with Gasteiger partial charge < -0.3 is 4.90 Å². The molecule has 0 amide bonds. The molecule has 0 aliphatic heterocycles. The van der Waals surface area contributed by atoms with Gasteiger partial charge in [0.1, 0.15) is 11.1 Å². The maximum Gasteiger partial charge on any atom is 0.134 e. The molecule has 3 nitrogen and oxygen atoms in total. The molecule has 1 heterocycles. The standard InChI is InChI=1S/C22H21N3S/c1-3-25(4-2)20-12-10-17(11-13-20)14-19(15-23)22-24-21(16-26-22)18-8-6-5-7-9-18/h5-14,16H,3-4H2,1-2H3/b19-14+. The highest BCUT2D eigenvalue weighted by Gasteiger charge is 2.09. The van der Waals surface area contributed by atoms with Crippen molar-refractivity contribution < 1.29 is 0 Å². The Kier molecular flexibility index (Phi) is 5.83. The lowest BCUT2D eigenvalue weighted by atomic mass is 10.1. The van der Waals surface area contributed by atoms with Crippen molar-refractivity contribution in [3.8, 4) is 17.3 Å². The summed E-state index contributed by atoms with van der Waals surface area (Å²) in [6.45, 7) is 6.27. The van der Waals surface area contributed by atoms with Crippen LogP contribution >= 0.6 is 11.3 Å². The number of thiazole rings is 1. The van der Waals surface area contributed by atoms with Crippen LogP contribution in [0.4, 0.5) is 5.69 Å². The van der Waals surface area contributed by atoms with Gasteiger partial charge in [-0.25, -0.2) is 4.98 Å². The van der Waals surface area contributed by atoms with Crippen molar-refractivity contribution in [1.29, 1.82) is 5.26 Å². The van der Waals surface area contributed by atoms with Crippen LogP contribution in [0.15, 0.2) is 60.0 Å². The van der Waals surface area contributed by atoms with E-state index in [1.165, 1.54) is 17.0 Å². The molecular formula is C22H21N3S. The normalized spacial score (nSPS) is 11.2. The average molecular weight is 359 g/mol. The van der Waals surface area contributed by atoms with Crippen molar-refractivity contribution >= 4 is 28.7 Å². The lowest BCUT2D eigenvalue weighted by Gasteiger charge is -2.20. The second-order valence-corrected chi connectivity index (χ2v) is 6.70. The quantitative estimate of drug-likeness (QED) is 0.528. The maximum absolute atomic E-state index is 9.58. The molecule has 0 fully saturated rings. The van der Waals surface area contributed by atoms with E-state index in [1.54, 1.807) is 0 Å². The second-order valence-electron chi connectivity index (χ2n) is 5.84. The summed E-state index contributed by atoms with van der Waals surface area (Å²) in [5.41, 5.74) is 4.77. The van der Waals surface area contributed by atoms with Gasteiger partial charge in [-0.15, -0.1) is 11.3 Å². The van der Waals surface area contributed by atoms with E-state index < -0.39 is 0 Å². The number of rotatable bonds is 6. The van der Waals surface area contributed by atoms with E-state index in [9.17, 15) is 5.26 Å². The van der Waals surface area contributed by atoms with Gasteiger partial charge >= 0.3 is 0 Å². The number of hydrogen-bond donors (Lipinski definition) is 0. The van der Waals surface area contributed by atoms with Gasteiger partial charge in [-0.05, 0) is 37.6 Å². The molecule has 1 aromatic heterocycles. The summed E-state index contributed by atoms with van der Waals surface area (Å²) >= 11 is 1.50. The van der Waals surface area contributed by atoms with Crippen LogP contribution in [-0.2, 0) is 0 Å². The highest BCUT2D eigenvalue weighted by atomic mass is 32.1. The number of allylic oxidation sites excluding steroid dienone is 1. The van der Waals surface area contributed by atoms with Gasteiger partial charge in [0, 0.05) is 29.7 Å². The first kappa shape index (κ1) is 17.9. The number of aromatic nitrogens is 1. The van der Waals surface area contributed by atoms with Crippen LogP contribution in [0.3, 0.4) is 0 Å². The lowest BCUT2D eigenvalue weighted by molar-refractivity contribution is 0.866. The highest BCUT2D eigenvalue weighted by Crippen LogP contribution is 2.27. The van der Waals surface area contributed by atoms with E-state index >= 15 is 0 Å². The minimum atomic E-state index is 0.591. The summed E-state index contributed by atoms with van der Waals surface area (Å²) in [6.07, 6.45) is 1.90. The molecule has 0 spiro atoms. The number of benzene rings is 2. The minimum absolute atomic E-state index is 0.591. The molecule has 0 saturated carbocycles. The third-order valence-corrected chi connectivity index (χ3v) is 5.13. The third-order valence-electron chi connectivity index (χ3n) is 4.26. The fraction of sp³-hybridized carbons (Fsp3) is 0.182. The van der Waals surface area contributed by atoms with Crippen molar-refractivity contribution in [3.05, 3.63) is 70.5 Å². The Bertz CT molecular complexity index is 914. The van der Waals surface area contributed by atoms with Gasteiger partial charge in [0.05, 0.1) is 11.3 Å². The average Bonchev–Trinajstić information content (AvgIpc) is 3.19. The zero-order chi connectivity index (χ0) is 18.4. The Labute approximate surface area is 158 Å². The molecule has 0 unspecified atom stereocenters. The van der Waals surface area contributed by atoms with Crippen LogP contribution in [-0.4, -0.2) is 18.1 Å². The predicted molar refractivity (Wildman–Crippen MR) is 111 cm³/mol. The third kappa shape index (κ3) is 4.01. The van der Waals surface area contributed by atoms with Gasteiger partial charge in [0.2, 0.25) is 0 Å². The molecule has 2 aromatic carbocycles. The topological polar surface area (TPSA) is 39.9 Å². The largest absolute Gasteiger partial charge is 0.372 e. The van der Waals surface area contributed by atoms with Crippen molar-refractivity contribution in [2.24, 2.45) is 0 Å². The van der Waals surface area contributed by atoms with E-state index in [1.807, 2.05) is 41.8 Å². The molecule has 0 saturated heterocycles. The molecule has 26 heavy (non-hydrogen) atoms. The fourth-order valence-corrected chi connectivity index (χ4v) is 3.61. The summed E-state index contributed by atoms with van der Waals surface area (Å²) in [7, 11) is 0. The molecule has 0 aliphatic carbocycles. The Balaban J connectivity index is 1.85. The molecule has 130 valence electrons. The Morgan fingerprint density at radius 3 is 2.38 bits per heavy atom. The summed E-state index contributed by atoms with van der Waals surface area (Å²) in [5, 5.41) is 12.3. The molecule has 0 radical (unpaired) electrons. The van der Waals surface area contributed by atoms with Crippen LogP contribution in [0.1, 0.15) is 24.4 Å². The molecule has 4 heteroatoms. The molecule has 0 aliphatic rings. The van der Waals surface area contributed by atoms with E-state index in [0.717, 1.165) is 34.9 Å². The van der Waals surface area contributed by atoms with Crippen LogP contribution in [0.2, 0.25) is 0 Å². The van der Waals surface area contributed by atoms with Gasteiger partial charge in [-0.1, -0.05) is 42.5 Å². The van der Waals surface area contributed by atoms with Crippen LogP contribution in [0.25, 0.3) is 22.9 Å². The first-order valence-electron chi connectivity index (χ1n) is 8.73. The van der Waals surface area contributed by atoms with Gasteiger partial charge in [0.25, 0.3) is 0 Å². The van der Waals surface area contributed by atoms with Crippen LogP contribution in [0, 0.1) is 11.3 Å². The number of nitriles is 1. The SMILES string of the molecule is CCN(CC)c1ccc(/C=C(\C#N)c2nc(-c3ccccc3)cs2)cc1. The van der Waals surface area contributed by atoms with Gasteiger partial charge in [-0.2, -0.15) is 5.26 Å². The molecule has 0 atom stereocenters. The summed E-state index contributed by atoms with van der Waals surface area (Å²) in [5.74, 6) is 0. The first-order valence-corrected chi connectivity index (χ1v) is 9.61. The number of anilines is 1. The van der Waals surface area contributed by atoms with Crippen molar-refractivity contribution in [2.75, 3.05) is 18.0 Å². The molecule has 0 N–H and O–H groups in total. The zero-order valence-corrected chi connectivity index (χ0v) is 15.8. The molecule has 3 rings (SSSR count). The van der Waals surface area contributed by atoms with Crippen LogP contribution in [0.5, 0.6) is 0 Å². The van der Waals surface area contributed by atoms with Crippen LogP contribution < -0.4 is 4.90 Å². The first-order chi connectivity index (χ1) is 12.7. The minimum Gasteiger partial charge on any atom is -0.372 e. The summed E-state index contributed by atoms with van der Waals surface area (Å²) in [6, 6.07) is 20.6. The van der Waals surface area contributed by atoms with E-state index in [-0.39, 0.29) is 0 Å². The van der Waals surface area contributed by atoms with E-state index in [4.69, 9.17) is 0 Å². The predicted octanol–water partition coefficient (Wildman–Crippen LogP) is 5.72. The fourth-order valence-electron chi connectivity index (χ4n) is 2.82. The zero-order valence-electron chi connectivity index (χ0n) is 15.0. The maximum atomic E-state index is 9.58. The smallest absolute Gasteiger partial charge is 0.134 e. The molecular weight excluding hydrogens is 338 g/mol. The number of hydrogen-bond acceptors (Lipinski definition) is 4. The Hall–Kier alpha value is -2.90. The van der Waals surface area contributed by atoms with Gasteiger partial charge in [-0.3, -0.25) is 0 Å². The Morgan fingerprint density at radius 1 is 1.08 bits per heavy atom. The monoisotopic (exact) mass is 359 g/mol. The summed E-state index contributed by atoms with van der Waals surface area (Å²) < 4.78 is 0. The highest BCUT2D eigenvalue weighted by molar-refractivity contribution is 7.11. The number of nitrogens with zero attached hydrogens (tertiary/aromatic N) is 3. The van der Waals surface area contributed by atoms with E-state index in [0.29, 0.717) is 5.57 Å². The second kappa shape index (κ2) is 8.46. The van der Waals surface area contributed by atoms with Gasteiger partial charge in [0.15, 0.2) is 0 Å². The van der Waals surface area contributed by atoms with E-state index in [2.05, 4.69) is 54.1 Å². The molecule has 3 aromatic rings.